The molecule has 0 bridgehead atoms. The number of nitrogens with one attached hydrogen (secondary N) is 4. The molecular weight excluding hydrogens is 446 g/mol. The van der Waals surface area contributed by atoms with Crippen molar-refractivity contribution in [1.82, 2.24) is 21.3 Å². The fourth-order valence-corrected chi connectivity index (χ4v) is 3.48. The van der Waals surface area contributed by atoms with Gasteiger partial charge < -0.3 is 37.2 Å². The summed E-state index contributed by atoms with van der Waals surface area (Å²) in [5.74, 6) is -3.71. The number of amides is 4. The van der Waals surface area contributed by atoms with Crippen molar-refractivity contribution >= 4 is 29.6 Å². The third-order valence-electron chi connectivity index (χ3n) is 5.43. The first-order valence-electron chi connectivity index (χ1n) is 11.0. The zero-order valence-corrected chi connectivity index (χ0v) is 18.9. The maximum atomic E-state index is 12.7. The molecule has 1 aromatic carbocycles. The summed E-state index contributed by atoms with van der Waals surface area (Å²) < 4.78 is 0. The highest BCUT2D eigenvalue weighted by molar-refractivity contribution is 5.94. The third-order valence-corrected chi connectivity index (χ3v) is 5.43. The van der Waals surface area contributed by atoms with Crippen LogP contribution in [0.2, 0.25) is 0 Å². The number of carbonyl (C=O) groups excluding carboxylic acids is 4. The van der Waals surface area contributed by atoms with Crippen LogP contribution in [0.25, 0.3) is 0 Å². The molecule has 0 aromatic heterocycles. The number of aliphatic carboxylic acids is 1. The van der Waals surface area contributed by atoms with Gasteiger partial charge in [0.1, 0.15) is 23.9 Å². The molecule has 0 saturated carbocycles. The van der Waals surface area contributed by atoms with E-state index in [0.717, 1.165) is 6.42 Å². The van der Waals surface area contributed by atoms with Crippen LogP contribution in [0.1, 0.15) is 38.2 Å². The van der Waals surface area contributed by atoms with Crippen molar-refractivity contribution in [3.63, 3.8) is 0 Å². The average Bonchev–Trinajstić information content (AvgIpc) is 3.32. The van der Waals surface area contributed by atoms with Crippen LogP contribution in [0.15, 0.2) is 24.3 Å². The Kier molecular flexibility index (Phi) is 9.80. The van der Waals surface area contributed by atoms with Crippen molar-refractivity contribution in [2.45, 2.75) is 63.2 Å². The van der Waals surface area contributed by atoms with Crippen molar-refractivity contribution < 1.29 is 34.2 Å². The number of benzene rings is 1. The van der Waals surface area contributed by atoms with Crippen molar-refractivity contribution in [1.29, 1.82) is 0 Å². The minimum absolute atomic E-state index is 0.0256. The topological polar surface area (TPSA) is 200 Å². The van der Waals surface area contributed by atoms with E-state index in [4.69, 9.17) is 5.73 Å². The van der Waals surface area contributed by atoms with Crippen LogP contribution in [0.4, 0.5) is 0 Å². The van der Waals surface area contributed by atoms with Gasteiger partial charge in [-0.2, -0.15) is 0 Å². The quantitative estimate of drug-likeness (QED) is 0.189. The highest BCUT2D eigenvalue weighted by Crippen LogP contribution is 2.12. The fourth-order valence-electron chi connectivity index (χ4n) is 3.48. The van der Waals surface area contributed by atoms with Gasteiger partial charge in [-0.05, 0) is 50.4 Å². The number of carbonyl (C=O) groups is 5. The number of hydrogen-bond donors (Lipinski definition) is 7. The minimum Gasteiger partial charge on any atom is -0.508 e. The normalized spacial score (nSPS) is 17.7. The third kappa shape index (κ3) is 8.35. The van der Waals surface area contributed by atoms with Crippen LogP contribution >= 0.6 is 0 Å². The molecule has 1 aromatic rings. The summed E-state index contributed by atoms with van der Waals surface area (Å²) in [4.78, 5) is 60.5. The second kappa shape index (κ2) is 12.5. The first kappa shape index (κ1) is 26.6. The number of rotatable bonds is 12. The van der Waals surface area contributed by atoms with Crippen LogP contribution in [0.3, 0.4) is 0 Å². The summed E-state index contributed by atoms with van der Waals surface area (Å²) in [5.41, 5.74) is 5.75. The Bertz CT molecular complexity index is 899. The first-order valence-corrected chi connectivity index (χ1v) is 11.0. The highest BCUT2D eigenvalue weighted by atomic mass is 16.4. The maximum Gasteiger partial charge on any atom is 0.326 e. The molecule has 1 saturated heterocycles. The van der Waals surface area contributed by atoms with Crippen LogP contribution in [-0.4, -0.2) is 70.5 Å². The maximum absolute atomic E-state index is 12.7. The molecule has 4 amide bonds. The molecule has 4 unspecified atom stereocenters. The minimum atomic E-state index is -1.27. The van der Waals surface area contributed by atoms with Gasteiger partial charge in [0.2, 0.25) is 23.6 Å². The van der Waals surface area contributed by atoms with E-state index in [-0.39, 0.29) is 30.9 Å². The molecule has 34 heavy (non-hydrogen) atoms. The molecule has 0 aliphatic carbocycles. The van der Waals surface area contributed by atoms with Gasteiger partial charge in [-0.1, -0.05) is 12.1 Å². The number of nitrogens with two attached hydrogens (primary N) is 1. The van der Waals surface area contributed by atoms with Crippen LogP contribution < -0.4 is 27.0 Å². The van der Waals surface area contributed by atoms with Crippen molar-refractivity contribution in [2.75, 3.05) is 6.54 Å². The lowest BCUT2D eigenvalue weighted by Gasteiger charge is -2.23. The van der Waals surface area contributed by atoms with Crippen LogP contribution in [-0.2, 0) is 30.4 Å². The predicted octanol–water partition coefficient (Wildman–Crippen LogP) is -1.49. The molecule has 0 radical (unpaired) electrons. The summed E-state index contributed by atoms with van der Waals surface area (Å²) in [7, 11) is 0. The van der Waals surface area contributed by atoms with Crippen molar-refractivity contribution in [3.05, 3.63) is 29.8 Å². The zero-order chi connectivity index (χ0) is 25.3. The summed E-state index contributed by atoms with van der Waals surface area (Å²) >= 11 is 0. The molecule has 1 aliphatic rings. The average molecular weight is 478 g/mol. The Balaban J connectivity index is 1.98. The number of hydrogen-bond acceptors (Lipinski definition) is 7. The molecule has 4 atom stereocenters. The number of phenols is 1. The monoisotopic (exact) mass is 477 g/mol. The van der Waals surface area contributed by atoms with E-state index in [2.05, 4.69) is 21.3 Å². The first-order chi connectivity index (χ1) is 16.1. The van der Waals surface area contributed by atoms with E-state index in [1.165, 1.54) is 31.2 Å². The lowest BCUT2D eigenvalue weighted by Crippen LogP contribution is -2.56. The van der Waals surface area contributed by atoms with E-state index in [0.29, 0.717) is 18.5 Å². The molecule has 0 spiro atoms. The SMILES string of the molecule is CC(NC(=O)C(CCC(N)=O)NC(=O)C1CCCN1)C(=O)NC(Cc1ccc(O)cc1)C(=O)O. The Labute approximate surface area is 196 Å². The van der Waals surface area contributed by atoms with Crippen molar-refractivity contribution in [3.8, 4) is 5.75 Å². The van der Waals surface area contributed by atoms with E-state index in [9.17, 15) is 34.2 Å². The lowest BCUT2D eigenvalue weighted by molar-refractivity contribution is -0.142. The fraction of sp³-hybridized carbons (Fsp3) is 0.500. The van der Waals surface area contributed by atoms with Gasteiger partial charge >= 0.3 is 5.97 Å². The summed E-state index contributed by atoms with van der Waals surface area (Å²) in [6.07, 6.45) is 1.21. The molecule has 12 nitrogen and oxygen atoms in total. The number of carboxylic acids is 1. The molecule has 1 fully saturated rings. The number of phenolic OH excluding ortho intramolecular Hbond substituents is 1. The van der Waals surface area contributed by atoms with Crippen molar-refractivity contribution in [2.24, 2.45) is 5.73 Å². The molecule has 2 rings (SSSR count). The predicted molar refractivity (Wildman–Crippen MR) is 120 cm³/mol. The molecule has 186 valence electrons. The molecule has 1 heterocycles. The number of primary amides is 1. The van der Waals surface area contributed by atoms with E-state index < -0.39 is 47.9 Å². The number of carboxylic acid groups (broad SMARTS) is 1. The molecule has 12 heteroatoms. The second-order valence-corrected chi connectivity index (χ2v) is 8.22. The Hall–Kier alpha value is -3.67. The van der Waals surface area contributed by atoms with Crippen LogP contribution in [0.5, 0.6) is 5.75 Å². The van der Waals surface area contributed by atoms with E-state index >= 15 is 0 Å². The largest absolute Gasteiger partial charge is 0.508 e. The summed E-state index contributed by atoms with van der Waals surface area (Å²) in [6, 6.07) is 1.95. The van der Waals surface area contributed by atoms with Gasteiger partial charge in [0.25, 0.3) is 0 Å². The summed E-state index contributed by atoms with van der Waals surface area (Å²) in [6.45, 7) is 2.06. The van der Waals surface area contributed by atoms with Gasteiger partial charge in [-0.3, -0.25) is 19.2 Å². The standard InChI is InChI=1S/C22H31N5O7/c1-12(19(30)27-17(22(33)34)11-13-4-6-14(28)7-5-13)25-21(32)16(8-9-18(23)29)26-20(31)15-3-2-10-24-15/h4-7,12,15-17,24,28H,2-3,8-11H2,1H3,(H2,23,29)(H,25,32)(H,26,31)(H,27,30)(H,33,34). The lowest BCUT2D eigenvalue weighted by atomic mass is 10.1. The summed E-state index contributed by atoms with van der Waals surface area (Å²) in [5, 5.41) is 29.2. The smallest absolute Gasteiger partial charge is 0.326 e. The zero-order valence-electron chi connectivity index (χ0n) is 18.9. The Morgan fingerprint density at radius 2 is 1.74 bits per heavy atom. The second-order valence-electron chi connectivity index (χ2n) is 8.22. The molecular formula is C22H31N5O7. The number of aromatic hydroxyl groups is 1. The van der Waals surface area contributed by atoms with Gasteiger partial charge in [0.05, 0.1) is 6.04 Å². The van der Waals surface area contributed by atoms with E-state index in [1.54, 1.807) is 0 Å². The van der Waals surface area contributed by atoms with Crippen LogP contribution in [0, 0.1) is 0 Å². The molecule has 8 N–H and O–H groups in total. The van der Waals surface area contributed by atoms with Gasteiger partial charge in [-0.15, -0.1) is 0 Å². The Morgan fingerprint density at radius 1 is 1.06 bits per heavy atom. The van der Waals surface area contributed by atoms with Gasteiger partial charge in [-0.25, -0.2) is 4.79 Å². The van der Waals surface area contributed by atoms with E-state index in [1.807, 2.05) is 0 Å². The molecule has 1 aliphatic heterocycles. The Morgan fingerprint density at radius 3 is 2.29 bits per heavy atom. The highest BCUT2D eigenvalue weighted by Gasteiger charge is 2.30. The van der Waals surface area contributed by atoms with Gasteiger partial charge in [0.15, 0.2) is 0 Å². The van der Waals surface area contributed by atoms with Gasteiger partial charge in [0, 0.05) is 12.8 Å².